The molecule has 0 saturated heterocycles. The number of rotatable bonds is 12. The number of carbonyl (C=O) groups is 2. The number of thioether (sulfide) groups is 2. The Morgan fingerprint density at radius 3 is 1.86 bits per heavy atom. The molecular formula is C19H34N2O5S2Si. The van der Waals surface area contributed by atoms with E-state index in [-0.39, 0.29) is 21.0 Å². The molecule has 2 bridgehead atoms. The number of unbranched alkanes of at least 4 members (excludes halogenated alkanes) is 1. The largest absolute Gasteiger partial charge is 0.500 e. The summed E-state index contributed by atoms with van der Waals surface area (Å²) in [6, 6.07) is 0.648. The molecule has 1 fully saturated rings. The van der Waals surface area contributed by atoms with Gasteiger partial charge in [0.2, 0.25) is 0 Å². The second-order valence-corrected chi connectivity index (χ2v) is 12.7. The summed E-state index contributed by atoms with van der Waals surface area (Å²) >= 11 is 2.70. The van der Waals surface area contributed by atoms with Gasteiger partial charge in [0.1, 0.15) is 0 Å². The van der Waals surface area contributed by atoms with Crippen LogP contribution in [0.1, 0.15) is 32.6 Å². The Morgan fingerprint density at radius 2 is 1.41 bits per heavy atom. The molecule has 0 aromatic carbocycles. The zero-order chi connectivity index (χ0) is 21.3. The lowest BCUT2D eigenvalue weighted by atomic mass is 10.1. The molecular weight excluding hydrogens is 428 g/mol. The van der Waals surface area contributed by atoms with Crippen molar-refractivity contribution in [1.29, 1.82) is 0 Å². The Hall–Kier alpha value is -0.523. The van der Waals surface area contributed by atoms with Crippen LogP contribution in [0.2, 0.25) is 6.04 Å². The van der Waals surface area contributed by atoms with Crippen LogP contribution in [-0.4, -0.2) is 64.2 Å². The van der Waals surface area contributed by atoms with Crippen molar-refractivity contribution in [2.75, 3.05) is 34.4 Å². The summed E-state index contributed by atoms with van der Waals surface area (Å²) in [6.45, 7) is 3.36. The van der Waals surface area contributed by atoms with Gasteiger partial charge in [0.05, 0.1) is 0 Å². The molecule has 1 saturated carbocycles. The Kier molecular flexibility index (Phi) is 10.5. The van der Waals surface area contributed by atoms with E-state index in [0.29, 0.717) is 31.0 Å². The third-order valence-electron chi connectivity index (χ3n) is 5.47. The van der Waals surface area contributed by atoms with E-state index < -0.39 is 8.80 Å². The predicted octanol–water partition coefficient (Wildman–Crippen LogP) is 3.88. The van der Waals surface area contributed by atoms with E-state index in [9.17, 15) is 9.59 Å². The number of allylic oxidation sites excluding steroid dienone is 2. The summed E-state index contributed by atoms with van der Waals surface area (Å²) in [5.74, 6) is 0.746. The number of hydrogen-bond acceptors (Lipinski definition) is 7. The van der Waals surface area contributed by atoms with E-state index in [1.54, 1.807) is 21.3 Å². The molecule has 2 aliphatic carbocycles. The monoisotopic (exact) mass is 462 g/mol. The minimum Gasteiger partial charge on any atom is -0.377 e. The highest BCUT2D eigenvalue weighted by molar-refractivity contribution is 8.17. The maximum Gasteiger partial charge on any atom is 0.500 e. The third kappa shape index (κ3) is 7.00. The van der Waals surface area contributed by atoms with Crippen molar-refractivity contribution >= 4 is 42.8 Å². The summed E-state index contributed by atoms with van der Waals surface area (Å²) in [7, 11) is 2.17. The molecule has 0 radical (unpaired) electrons. The van der Waals surface area contributed by atoms with Gasteiger partial charge in [0, 0.05) is 51.0 Å². The van der Waals surface area contributed by atoms with E-state index in [4.69, 9.17) is 13.3 Å². The van der Waals surface area contributed by atoms with Gasteiger partial charge in [0.15, 0.2) is 0 Å². The number of fused-ring (bicyclic) bond motifs is 2. The van der Waals surface area contributed by atoms with Crippen molar-refractivity contribution in [3.05, 3.63) is 12.2 Å². The van der Waals surface area contributed by atoms with Crippen LogP contribution in [0.25, 0.3) is 0 Å². The first-order valence-electron chi connectivity index (χ1n) is 10.2. The topological polar surface area (TPSA) is 85.9 Å². The van der Waals surface area contributed by atoms with Crippen LogP contribution in [0, 0.1) is 11.8 Å². The normalized spacial score (nSPS) is 25.4. The molecule has 7 nitrogen and oxygen atoms in total. The van der Waals surface area contributed by atoms with Gasteiger partial charge in [-0.15, -0.1) is 0 Å². The highest BCUT2D eigenvalue weighted by atomic mass is 32.2. The van der Waals surface area contributed by atoms with Gasteiger partial charge < -0.3 is 23.9 Å². The van der Waals surface area contributed by atoms with Gasteiger partial charge in [-0.05, 0) is 31.1 Å². The van der Waals surface area contributed by atoms with Crippen LogP contribution < -0.4 is 10.6 Å². The Morgan fingerprint density at radius 1 is 0.931 bits per heavy atom. The number of hydrogen-bond donors (Lipinski definition) is 2. The molecule has 0 aromatic heterocycles. The molecule has 10 heteroatoms. The first kappa shape index (κ1) is 24.7. The summed E-state index contributed by atoms with van der Waals surface area (Å²) < 4.78 is 16.2. The second-order valence-electron chi connectivity index (χ2n) is 7.29. The standard InChI is InChI=1S/C19H34N2O5S2Si/c1-5-6-10-20-18(22)27-16-14-8-9-15(13-14)17(16)28-19(23)21-11-7-12-29(24-2,25-3)26-4/h8-9,14-17H,5-7,10-13H2,1-4H3,(H,20,22)(H,21,23). The summed E-state index contributed by atoms with van der Waals surface area (Å²) in [5, 5.41) is 6.23. The fourth-order valence-electron chi connectivity index (χ4n) is 3.79. The fraction of sp³-hybridized carbons (Fsp3) is 0.789. The van der Waals surface area contributed by atoms with Crippen molar-refractivity contribution in [3.63, 3.8) is 0 Å². The average molecular weight is 463 g/mol. The summed E-state index contributed by atoms with van der Waals surface area (Å²) in [4.78, 5) is 24.7. The van der Waals surface area contributed by atoms with Crippen LogP contribution in [-0.2, 0) is 13.3 Å². The van der Waals surface area contributed by atoms with E-state index >= 15 is 0 Å². The third-order valence-corrected chi connectivity index (χ3v) is 11.0. The SMILES string of the molecule is CCCCNC(=O)SC1C2C=CC(C2)C1SC(=O)NCCC[Si](OC)(OC)OC. The van der Waals surface area contributed by atoms with Gasteiger partial charge in [0.25, 0.3) is 10.5 Å². The highest BCUT2D eigenvalue weighted by Gasteiger charge is 2.47. The quantitative estimate of drug-likeness (QED) is 0.258. The van der Waals surface area contributed by atoms with Gasteiger partial charge in [-0.3, -0.25) is 9.59 Å². The van der Waals surface area contributed by atoms with Gasteiger partial charge in [-0.2, -0.15) is 0 Å². The maximum absolute atomic E-state index is 12.5. The van der Waals surface area contributed by atoms with Crippen molar-refractivity contribution in [2.45, 2.75) is 49.2 Å². The van der Waals surface area contributed by atoms with Crippen LogP contribution in [0.15, 0.2) is 12.2 Å². The molecule has 2 N–H and O–H groups in total. The number of nitrogens with one attached hydrogen (secondary N) is 2. The summed E-state index contributed by atoms with van der Waals surface area (Å²) in [6.07, 6.45) is 8.22. The zero-order valence-corrected chi connectivity index (χ0v) is 20.4. The van der Waals surface area contributed by atoms with Crippen LogP contribution in [0.4, 0.5) is 9.59 Å². The number of amides is 2. The molecule has 4 unspecified atom stereocenters. The smallest absolute Gasteiger partial charge is 0.377 e. The minimum absolute atomic E-state index is 0.0235. The average Bonchev–Trinajstić information content (AvgIpc) is 3.32. The summed E-state index contributed by atoms with van der Waals surface area (Å²) in [5.41, 5.74) is 0. The van der Waals surface area contributed by atoms with Crippen molar-refractivity contribution in [2.24, 2.45) is 11.8 Å². The van der Waals surface area contributed by atoms with E-state index in [2.05, 4.69) is 29.7 Å². The van der Waals surface area contributed by atoms with E-state index in [0.717, 1.165) is 25.7 Å². The molecule has 2 aliphatic rings. The first-order chi connectivity index (χ1) is 14.0. The van der Waals surface area contributed by atoms with Crippen molar-refractivity contribution in [3.8, 4) is 0 Å². The van der Waals surface area contributed by atoms with Crippen LogP contribution in [0.3, 0.4) is 0 Å². The van der Waals surface area contributed by atoms with Crippen molar-refractivity contribution < 1.29 is 22.9 Å². The lowest BCUT2D eigenvalue weighted by molar-refractivity contribution is 0.123. The zero-order valence-electron chi connectivity index (χ0n) is 17.8. The Labute approximate surface area is 183 Å². The Balaban J connectivity index is 1.77. The van der Waals surface area contributed by atoms with E-state index in [1.807, 2.05) is 0 Å². The van der Waals surface area contributed by atoms with Gasteiger partial charge in [-0.1, -0.05) is 49.0 Å². The molecule has 0 aromatic rings. The minimum atomic E-state index is -2.59. The second kappa shape index (κ2) is 12.4. The fourth-order valence-corrected chi connectivity index (χ4v) is 8.14. The molecule has 2 amide bonds. The molecule has 0 spiro atoms. The molecule has 166 valence electrons. The number of carbonyl (C=O) groups excluding carboxylic acids is 2. The van der Waals surface area contributed by atoms with E-state index in [1.165, 1.54) is 23.5 Å². The maximum atomic E-state index is 12.5. The molecule has 29 heavy (non-hydrogen) atoms. The molecule has 2 rings (SSSR count). The predicted molar refractivity (Wildman–Crippen MR) is 121 cm³/mol. The lowest BCUT2D eigenvalue weighted by Gasteiger charge is -2.26. The Bertz CT molecular complexity index is 569. The van der Waals surface area contributed by atoms with Crippen molar-refractivity contribution in [1.82, 2.24) is 10.6 Å². The lowest BCUT2D eigenvalue weighted by Crippen LogP contribution is -2.43. The molecule has 4 atom stereocenters. The molecule has 0 heterocycles. The highest BCUT2D eigenvalue weighted by Crippen LogP contribution is 2.50. The van der Waals surface area contributed by atoms with Crippen LogP contribution in [0.5, 0.6) is 0 Å². The van der Waals surface area contributed by atoms with Gasteiger partial charge >= 0.3 is 8.80 Å². The molecule has 0 aliphatic heterocycles. The van der Waals surface area contributed by atoms with Crippen LogP contribution >= 0.6 is 23.5 Å². The first-order valence-corrected chi connectivity index (χ1v) is 13.9. The van der Waals surface area contributed by atoms with Gasteiger partial charge in [-0.25, -0.2) is 0 Å².